The minimum atomic E-state index is -0.0354. The van der Waals surface area contributed by atoms with Crippen LogP contribution < -0.4 is 15.4 Å². The number of nitrogens with one attached hydrogen (secondary N) is 2. The highest BCUT2D eigenvalue weighted by Gasteiger charge is 2.21. The van der Waals surface area contributed by atoms with E-state index in [1.54, 1.807) is 7.11 Å². The third kappa shape index (κ3) is 3.45. The number of pyridine rings is 1. The minimum absolute atomic E-state index is 0.0354. The predicted octanol–water partition coefficient (Wildman–Crippen LogP) is 2.42. The van der Waals surface area contributed by atoms with Crippen LogP contribution in [0.25, 0.3) is 10.9 Å². The Morgan fingerprint density at radius 1 is 1.39 bits per heavy atom. The molecule has 3 rings (SSSR count). The van der Waals surface area contributed by atoms with Gasteiger partial charge in [0.05, 0.1) is 23.9 Å². The standard InChI is InChI=1S/C18H23N3O2/c1-11-8-14(6-7-19-11)21-18(22)16-9-13-4-5-15(23-3)10-17(13)20-12(16)2/h4-5,9-11,14,19H,6-8H2,1-3H3,(H,21,22). The fraction of sp³-hybridized carbons (Fsp3) is 0.444. The number of methoxy groups -OCH3 is 1. The molecular formula is C18H23N3O2. The summed E-state index contributed by atoms with van der Waals surface area (Å²) < 4.78 is 5.23. The van der Waals surface area contributed by atoms with Gasteiger partial charge in [0.25, 0.3) is 5.91 Å². The van der Waals surface area contributed by atoms with Crippen molar-refractivity contribution in [2.24, 2.45) is 0 Å². The van der Waals surface area contributed by atoms with Crippen molar-refractivity contribution >= 4 is 16.8 Å². The lowest BCUT2D eigenvalue weighted by Gasteiger charge is -2.28. The first-order chi connectivity index (χ1) is 11.1. The van der Waals surface area contributed by atoms with Crippen LogP contribution in [0.1, 0.15) is 35.8 Å². The topological polar surface area (TPSA) is 63.2 Å². The van der Waals surface area contributed by atoms with E-state index in [0.29, 0.717) is 11.6 Å². The van der Waals surface area contributed by atoms with Crippen molar-refractivity contribution in [3.05, 3.63) is 35.5 Å². The van der Waals surface area contributed by atoms with E-state index in [1.165, 1.54) is 0 Å². The summed E-state index contributed by atoms with van der Waals surface area (Å²) in [5, 5.41) is 7.49. The van der Waals surface area contributed by atoms with Crippen LogP contribution in [0.3, 0.4) is 0 Å². The fourth-order valence-corrected chi connectivity index (χ4v) is 3.13. The molecule has 1 fully saturated rings. The van der Waals surface area contributed by atoms with E-state index >= 15 is 0 Å². The first-order valence-electron chi connectivity index (χ1n) is 8.06. The Hall–Kier alpha value is -2.14. The average molecular weight is 313 g/mol. The van der Waals surface area contributed by atoms with E-state index in [1.807, 2.05) is 31.2 Å². The zero-order chi connectivity index (χ0) is 16.4. The summed E-state index contributed by atoms with van der Waals surface area (Å²) >= 11 is 0. The van der Waals surface area contributed by atoms with Crippen molar-refractivity contribution < 1.29 is 9.53 Å². The van der Waals surface area contributed by atoms with Gasteiger partial charge in [0.2, 0.25) is 0 Å². The van der Waals surface area contributed by atoms with Gasteiger partial charge < -0.3 is 15.4 Å². The maximum absolute atomic E-state index is 12.6. The highest BCUT2D eigenvalue weighted by molar-refractivity contribution is 5.98. The summed E-state index contributed by atoms with van der Waals surface area (Å²) in [6.07, 6.45) is 1.93. The molecule has 2 aromatic rings. The number of piperidine rings is 1. The zero-order valence-electron chi connectivity index (χ0n) is 13.8. The van der Waals surface area contributed by atoms with Crippen LogP contribution in [0.2, 0.25) is 0 Å². The van der Waals surface area contributed by atoms with Crippen LogP contribution in [-0.4, -0.2) is 36.6 Å². The second-order valence-corrected chi connectivity index (χ2v) is 6.23. The molecule has 1 aromatic heterocycles. The number of carbonyl (C=O) groups is 1. The molecule has 0 saturated carbocycles. The average Bonchev–Trinajstić information content (AvgIpc) is 2.53. The molecular weight excluding hydrogens is 290 g/mol. The van der Waals surface area contributed by atoms with Gasteiger partial charge in [0.15, 0.2) is 0 Å². The molecule has 1 aromatic carbocycles. The SMILES string of the molecule is COc1ccc2cc(C(=O)NC3CCNC(C)C3)c(C)nc2c1. The maximum Gasteiger partial charge on any atom is 0.253 e. The number of fused-ring (bicyclic) bond motifs is 1. The Kier molecular flexibility index (Phi) is 4.48. The number of hydrogen-bond acceptors (Lipinski definition) is 4. The normalized spacial score (nSPS) is 21.2. The van der Waals surface area contributed by atoms with E-state index in [9.17, 15) is 4.79 Å². The number of rotatable bonds is 3. The lowest BCUT2D eigenvalue weighted by atomic mass is 10.00. The van der Waals surface area contributed by atoms with Crippen LogP contribution in [0, 0.1) is 6.92 Å². The number of hydrogen-bond donors (Lipinski definition) is 2. The maximum atomic E-state index is 12.6. The van der Waals surface area contributed by atoms with Crippen LogP contribution in [0.5, 0.6) is 5.75 Å². The quantitative estimate of drug-likeness (QED) is 0.913. The van der Waals surface area contributed by atoms with Gasteiger partial charge in [0.1, 0.15) is 5.75 Å². The number of ether oxygens (including phenoxy) is 1. The van der Waals surface area contributed by atoms with Crippen LogP contribution in [-0.2, 0) is 0 Å². The van der Waals surface area contributed by atoms with Crippen LogP contribution in [0.15, 0.2) is 24.3 Å². The molecule has 2 N–H and O–H groups in total. The zero-order valence-corrected chi connectivity index (χ0v) is 13.8. The molecule has 23 heavy (non-hydrogen) atoms. The van der Waals surface area contributed by atoms with Gasteiger partial charge >= 0.3 is 0 Å². The summed E-state index contributed by atoms with van der Waals surface area (Å²) in [4.78, 5) is 17.2. The molecule has 1 aliphatic heterocycles. The molecule has 0 radical (unpaired) electrons. The predicted molar refractivity (Wildman–Crippen MR) is 91.0 cm³/mol. The molecule has 2 unspecified atom stereocenters. The Bertz CT molecular complexity index is 730. The molecule has 5 heteroatoms. The van der Waals surface area contributed by atoms with E-state index in [2.05, 4.69) is 22.5 Å². The molecule has 1 saturated heterocycles. The van der Waals surface area contributed by atoms with Crippen molar-refractivity contribution in [1.82, 2.24) is 15.6 Å². The first-order valence-corrected chi connectivity index (χ1v) is 8.06. The van der Waals surface area contributed by atoms with E-state index in [0.717, 1.165) is 41.7 Å². The molecule has 0 bridgehead atoms. The van der Waals surface area contributed by atoms with E-state index < -0.39 is 0 Å². The molecule has 5 nitrogen and oxygen atoms in total. The van der Waals surface area contributed by atoms with Crippen molar-refractivity contribution in [1.29, 1.82) is 0 Å². The monoisotopic (exact) mass is 313 g/mol. The molecule has 1 aliphatic rings. The summed E-state index contributed by atoms with van der Waals surface area (Å²) in [5.74, 6) is 0.733. The number of benzene rings is 1. The molecule has 1 amide bonds. The van der Waals surface area contributed by atoms with Gasteiger partial charge in [-0.2, -0.15) is 0 Å². The minimum Gasteiger partial charge on any atom is -0.497 e. The summed E-state index contributed by atoms with van der Waals surface area (Å²) in [6, 6.07) is 8.29. The van der Waals surface area contributed by atoms with Crippen molar-refractivity contribution in [2.75, 3.05) is 13.7 Å². The highest BCUT2D eigenvalue weighted by atomic mass is 16.5. The number of nitrogens with zero attached hydrogens (tertiary/aromatic N) is 1. The second kappa shape index (κ2) is 6.54. The molecule has 122 valence electrons. The molecule has 2 heterocycles. The van der Waals surface area contributed by atoms with E-state index in [-0.39, 0.29) is 11.9 Å². The largest absolute Gasteiger partial charge is 0.497 e. The fourth-order valence-electron chi connectivity index (χ4n) is 3.13. The Labute approximate surface area is 136 Å². The Morgan fingerprint density at radius 3 is 2.96 bits per heavy atom. The van der Waals surface area contributed by atoms with Gasteiger partial charge in [-0.05, 0) is 51.4 Å². The lowest BCUT2D eigenvalue weighted by molar-refractivity contribution is 0.0925. The number of carbonyl (C=O) groups excluding carboxylic acids is 1. The number of amides is 1. The summed E-state index contributed by atoms with van der Waals surface area (Å²) in [5.41, 5.74) is 2.23. The van der Waals surface area contributed by atoms with Gasteiger partial charge in [0, 0.05) is 23.5 Å². The van der Waals surface area contributed by atoms with Gasteiger partial charge in [-0.1, -0.05) is 0 Å². The van der Waals surface area contributed by atoms with Crippen LogP contribution >= 0.6 is 0 Å². The number of aryl methyl sites for hydroxylation is 1. The third-order valence-corrected chi connectivity index (χ3v) is 4.42. The third-order valence-electron chi connectivity index (χ3n) is 4.42. The molecule has 2 atom stereocenters. The smallest absolute Gasteiger partial charge is 0.253 e. The summed E-state index contributed by atoms with van der Waals surface area (Å²) in [6.45, 7) is 4.97. The van der Waals surface area contributed by atoms with Crippen molar-refractivity contribution in [2.45, 2.75) is 38.8 Å². The van der Waals surface area contributed by atoms with Crippen molar-refractivity contribution in [3.63, 3.8) is 0 Å². The van der Waals surface area contributed by atoms with Gasteiger partial charge in [-0.25, -0.2) is 0 Å². The molecule has 0 aliphatic carbocycles. The lowest BCUT2D eigenvalue weighted by Crippen LogP contribution is -2.46. The van der Waals surface area contributed by atoms with E-state index in [4.69, 9.17) is 4.74 Å². The van der Waals surface area contributed by atoms with Crippen molar-refractivity contribution in [3.8, 4) is 5.75 Å². The second-order valence-electron chi connectivity index (χ2n) is 6.23. The molecule has 0 spiro atoms. The first kappa shape index (κ1) is 15.7. The Balaban J connectivity index is 1.83. The number of aromatic nitrogens is 1. The van der Waals surface area contributed by atoms with Crippen LogP contribution in [0.4, 0.5) is 0 Å². The summed E-state index contributed by atoms with van der Waals surface area (Å²) in [7, 11) is 1.63. The van der Waals surface area contributed by atoms with Gasteiger partial charge in [-0.15, -0.1) is 0 Å². The van der Waals surface area contributed by atoms with Gasteiger partial charge in [-0.3, -0.25) is 9.78 Å². The Morgan fingerprint density at radius 2 is 2.22 bits per heavy atom. The highest BCUT2D eigenvalue weighted by Crippen LogP contribution is 2.22.